The molecule has 0 bridgehead atoms. The van der Waals surface area contributed by atoms with E-state index in [1.807, 2.05) is 0 Å². The third kappa shape index (κ3) is 30.4. The lowest BCUT2D eigenvalue weighted by atomic mass is 9.94. The fourth-order valence-electron chi connectivity index (χ4n) is 6.08. The van der Waals surface area contributed by atoms with Crippen molar-refractivity contribution < 1.29 is 9.90 Å². The van der Waals surface area contributed by atoms with Gasteiger partial charge in [0, 0.05) is 0 Å². The van der Waals surface area contributed by atoms with Crippen molar-refractivity contribution in [2.24, 2.45) is 5.92 Å². The van der Waals surface area contributed by atoms with Gasteiger partial charge in [-0.1, -0.05) is 181 Å². The van der Waals surface area contributed by atoms with Crippen LogP contribution in [0.3, 0.4) is 0 Å². The third-order valence-electron chi connectivity index (χ3n) is 8.99. The quantitative estimate of drug-likeness (QED) is 0.0789. The summed E-state index contributed by atoms with van der Waals surface area (Å²) in [5.74, 6) is -0.663. The number of carboxylic acids is 1. The minimum Gasteiger partial charge on any atom is -0.481 e. The second-order valence-electron chi connectivity index (χ2n) is 13.1. The molecule has 0 heterocycles. The minimum absolute atomic E-state index is 0.101. The van der Waals surface area contributed by atoms with Crippen LogP contribution in [0.25, 0.3) is 0 Å². The highest BCUT2D eigenvalue weighted by molar-refractivity contribution is 5.69. The van der Waals surface area contributed by atoms with Gasteiger partial charge in [0.15, 0.2) is 0 Å². The highest BCUT2D eigenvalue weighted by Gasteiger charge is 2.16. The SMILES string of the molecule is CCCCCCCCCCC(CCCCCCCCCCCCCCN(C)CCCCCCCCCC)C(=O)O. The Morgan fingerprint density at radius 1 is 0.450 bits per heavy atom. The van der Waals surface area contributed by atoms with E-state index < -0.39 is 5.97 Å². The van der Waals surface area contributed by atoms with E-state index in [1.165, 1.54) is 180 Å². The van der Waals surface area contributed by atoms with Crippen LogP contribution in [-0.4, -0.2) is 36.1 Å². The Morgan fingerprint density at radius 3 is 0.975 bits per heavy atom. The van der Waals surface area contributed by atoms with Gasteiger partial charge in [-0.25, -0.2) is 0 Å². The molecule has 3 heteroatoms. The number of hydrogen-bond donors (Lipinski definition) is 1. The largest absolute Gasteiger partial charge is 0.481 e. The maximum absolute atomic E-state index is 11.6. The number of aliphatic carboxylic acids is 1. The number of hydrogen-bond acceptors (Lipinski definition) is 2. The zero-order valence-corrected chi connectivity index (χ0v) is 28.0. The Bertz CT molecular complexity index is 495. The summed E-state index contributed by atoms with van der Waals surface area (Å²) in [6.45, 7) is 7.12. The van der Waals surface area contributed by atoms with E-state index in [0.717, 1.165) is 25.7 Å². The van der Waals surface area contributed by atoms with Crippen LogP contribution < -0.4 is 0 Å². The zero-order valence-electron chi connectivity index (χ0n) is 28.0. The van der Waals surface area contributed by atoms with Crippen LogP contribution in [-0.2, 0) is 4.79 Å². The maximum Gasteiger partial charge on any atom is 0.306 e. The normalized spacial score (nSPS) is 12.4. The number of unbranched alkanes of at least 4 members (excludes halogenated alkanes) is 25. The van der Waals surface area contributed by atoms with Crippen LogP contribution in [0.15, 0.2) is 0 Å². The number of carbonyl (C=O) groups is 1. The molecule has 0 rings (SSSR count). The molecule has 0 spiro atoms. The standard InChI is InChI=1S/C37H75NO2/c1-4-6-8-10-12-20-24-28-32-36(37(39)40)33-29-25-21-18-16-14-15-17-19-23-27-31-35-38(3)34-30-26-22-13-11-9-7-5-2/h36H,4-35H2,1-3H3,(H,39,40). The molecule has 1 atom stereocenters. The van der Waals surface area contributed by atoms with Crippen LogP contribution in [0.1, 0.15) is 206 Å². The lowest BCUT2D eigenvalue weighted by Crippen LogP contribution is -2.20. The van der Waals surface area contributed by atoms with Crippen molar-refractivity contribution in [2.75, 3.05) is 20.1 Å². The predicted molar refractivity (Wildman–Crippen MR) is 178 cm³/mol. The van der Waals surface area contributed by atoms with Crippen molar-refractivity contribution >= 4 is 5.97 Å². The molecule has 0 saturated heterocycles. The van der Waals surface area contributed by atoms with Gasteiger partial charge in [0.2, 0.25) is 0 Å². The van der Waals surface area contributed by atoms with Gasteiger partial charge < -0.3 is 10.0 Å². The molecule has 240 valence electrons. The summed E-state index contributed by atoms with van der Waals surface area (Å²) in [6, 6.07) is 0. The summed E-state index contributed by atoms with van der Waals surface area (Å²) in [6.07, 6.45) is 39.5. The van der Waals surface area contributed by atoms with Gasteiger partial charge in [-0.3, -0.25) is 4.79 Å². The second kappa shape index (κ2) is 32.9. The zero-order chi connectivity index (χ0) is 29.4. The van der Waals surface area contributed by atoms with Crippen LogP contribution in [0.5, 0.6) is 0 Å². The first-order chi connectivity index (χ1) is 19.6. The van der Waals surface area contributed by atoms with Crippen LogP contribution in [0.2, 0.25) is 0 Å². The van der Waals surface area contributed by atoms with Gasteiger partial charge >= 0.3 is 5.97 Å². The molecular formula is C37H75NO2. The van der Waals surface area contributed by atoms with Crippen LogP contribution in [0, 0.1) is 5.92 Å². The van der Waals surface area contributed by atoms with E-state index in [2.05, 4.69) is 25.8 Å². The van der Waals surface area contributed by atoms with Crippen molar-refractivity contribution in [3.63, 3.8) is 0 Å². The fourth-order valence-corrected chi connectivity index (χ4v) is 6.08. The highest BCUT2D eigenvalue weighted by atomic mass is 16.4. The summed E-state index contributed by atoms with van der Waals surface area (Å²) < 4.78 is 0. The molecule has 1 unspecified atom stereocenters. The molecule has 40 heavy (non-hydrogen) atoms. The van der Waals surface area contributed by atoms with E-state index in [4.69, 9.17) is 0 Å². The summed E-state index contributed by atoms with van der Waals surface area (Å²) in [4.78, 5) is 14.2. The van der Waals surface area contributed by atoms with Gasteiger partial charge in [0.25, 0.3) is 0 Å². The molecule has 0 aliphatic carbocycles. The first-order valence-corrected chi connectivity index (χ1v) is 18.5. The smallest absolute Gasteiger partial charge is 0.306 e. The van der Waals surface area contributed by atoms with Crippen molar-refractivity contribution in [3.8, 4) is 0 Å². The maximum atomic E-state index is 11.6. The van der Waals surface area contributed by atoms with E-state index in [-0.39, 0.29) is 5.92 Å². The molecule has 0 aromatic carbocycles. The van der Waals surface area contributed by atoms with Gasteiger partial charge in [0.05, 0.1) is 5.92 Å². The molecule has 0 aromatic heterocycles. The summed E-state index contributed by atoms with van der Waals surface area (Å²) in [5.41, 5.74) is 0. The van der Waals surface area contributed by atoms with Crippen molar-refractivity contribution in [1.29, 1.82) is 0 Å². The number of rotatable bonds is 34. The Hall–Kier alpha value is -0.570. The molecular weight excluding hydrogens is 490 g/mol. The molecule has 0 aliphatic heterocycles. The molecule has 1 N–H and O–H groups in total. The molecule has 0 fully saturated rings. The summed E-state index contributed by atoms with van der Waals surface area (Å²) >= 11 is 0. The molecule has 0 saturated carbocycles. The highest BCUT2D eigenvalue weighted by Crippen LogP contribution is 2.20. The predicted octanol–water partition coefficient (Wildman–Crippen LogP) is 12.4. The van der Waals surface area contributed by atoms with E-state index in [9.17, 15) is 9.90 Å². The van der Waals surface area contributed by atoms with Crippen LogP contribution in [0.4, 0.5) is 0 Å². The second-order valence-corrected chi connectivity index (χ2v) is 13.1. The number of nitrogens with zero attached hydrogens (tertiary/aromatic N) is 1. The van der Waals surface area contributed by atoms with Gasteiger partial charge in [0.1, 0.15) is 0 Å². The van der Waals surface area contributed by atoms with E-state index in [1.54, 1.807) is 0 Å². The van der Waals surface area contributed by atoms with Crippen molar-refractivity contribution in [3.05, 3.63) is 0 Å². The van der Waals surface area contributed by atoms with Crippen LogP contribution >= 0.6 is 0 Å². The van der Waals surface area contributed by atoms with Gasteiger partial charge in [-0.2, -0.15) is 0 Å². The van der Waals surface area contributed by atoms with Gasteiger partial charge in [-0.15, -0.1) is 0 Å². The summed E-state index contributed by atoms with van der Waals surface area (Å²) in [5, 5.41) is 9.56. The fraction of sp³-hybridized carbons (Fsp3) is 0.973. The van der Waals surface area contributed by atoms with Crippen molar-refractivity contribution in [1.82, 2.24) is 4.90 Å². The molecule has 3 nitrogen and oxygen atoms in total. The molecule has 0 radical (unpaired) electrons. The third-order valence-corrected chi connectivity index (χ3v) is 8.99. The first-order valence-electron chi connectivity index (χ1n) is 18.5. The first kappa shape index (κ1) is 39.4. The number of carboxylic acid groups (broad SMARTS) is 1. The van der Waals surface area contributed by atoms with E-state index >= 15 is 0 Å². The lowest BCUT2D eigenvalue weighted by molar-refractivity contribution is -0.142. The topological polar surface area (TPSA) is 40.5 Å². The monoisotopic (exact) mass is 566 g/mol. The minimum atomic E-state index is -0.561. The molecule has 0 aromatic rings. The average molecular weight is 566 g/mol. The average Bonchev–Trinajstić information content (AvgIpc) is 2.94. The van der Waals surface area contributed by atoms with Gasteiger partial charge in [-0.05, 0) is 45.8 Å². The van der Waals surface area contributed by atoms with Crippen molar-refractivity contribution in [2.45, 2.75) is 206 Å². The Morgan fingerprint density at radius 2 is 0.700 bits per heavy atom. The Labute approximate surface area is 253 Å². The lowest BCUT2D eigenvalue weighted by Gasteiger charge is -2.16. The summed E-state index contributed by atoms with van der Waals surface area (Å²) in [7, 11) is 2.31. The molecule has 0 aliphatic rings. The Kier molecular flexibility index (Phi) is 32.5. The van der Waals surface area contributed by atoms with E-state index in [0.29, 0.717) is 0 Å². The molecule has 0 amide bonds. The Balaban J connectivity index is 3.37.